The lowest BCUT2D eigenvalue weighted by Crippen LogP contribution is -2.00. The molecular weight excluding hydrogens is 338 g/mol. The largest absolute Gasteiger partial charge is 0.265 e. The van der Waals surface area contributed by atoms with Crippen molar-refractivity contribution < 1.29 is 0 Å². The van der Waals surface area contributed by atoms with Gasteiger partial charge < -0.3 is 0 Å². The Morgan fingerprint density at radius 2 is 1.80 bits per heavy atom. The van der Waals surface area contributed by atoms with Crippen LogP contribution in [0.15, 0.2) is 53.0 Å². The molecular formula is C15H11BrClN3. The molecule has 1 aromatic heterocycles. The molecule has 0 aliphatic carbocycles. The summed E-state index contributed by atoms with van der Waals surface area (Å²) < 4.78 is 2.89. The van der Waals surface area contributed by atoms with Gasteiger partial charge in [-0.25, -0.2) is 0 Å². The van der Waals surface area contributed by atoms with Crippen molar-refractivity contribution in [1.29, 1.82) is 0 Å². The summed E-state index contributed by atoms with van der Waals surface area (Å²) >= 11 is 9.69. The standard InChI is InChI=1S/C15H11BrClN3/c1-10-9-12(16)7-8-13(10)20-14(18-19-15(20)17)11-5-3-2-4-6-11/h2-9H,1H3. The van der Waals surface area contributed by atoms with Crippen molar-refractivity contribution in [3.8, 4) is 17.1 Å². The number of nitrogens with zero attached hydrogens (tertiary/aromatic N) is 3. The molecule has 3 aromatic rings. The molecule has 20 heavy (non-hydrogen) atoms. The Bertz CT molecular complexity index is 753. The third-order valence-electron chi connectivity index (χ3n) is 3.06. The van der Waals surface area contributed by atoms with Gasteiger partial charge in [-0.3, -0.25) is 4.57 Å². The zero-order chi connectivity index (χ0) is 14.1. The third-order valence-corrected chi connectivity index (χ3v) is 3.79. The first-order valence-corrected chi connectivity index (χ1v) is 7.27. The number of halogens is 2. The second-order valence-corrected chi connectivity index (χ2v) is 5.68. The van der Waals surface area contributed by atoms with E-state index in [1.165, 1.54) is 0 Å². The van der Waals surface area contributed by atoms with Crippen molar-refractivity contribution in [2.45, 2.75) is 6.92 Å². The van der Waals surface area contributed by atoms with Crippen LogP contribution in [0.3, 0.4) is 0 Å². The van der Waals surface area contributed by atoms with Gasteiger partial charge in [-0.2, -0.15) is 0 Å². The van der Waals surface area contributed by atoms with Gasteiger partial charge in [0.25, 0.3) is 0 Å². The summed E-state index contributed by atoms with van der Waals surface area (Å²) in [5.74, 6) is 0.737. The Morgan fingerprint density at radius 1 is 1.05 bits per heavy atom. The molecule has 0 amide bonds. The average Bonchev–Trinajstić information content (AvgIpc) is 2.82. The summed E-state index contributed by atoms with van der Waals surface area (Å²) in [6.07, 6.45) is 0. The minimum atomic E-state index is 0.356. The van der Waals surface area contributed by atoms with E-state index in [1.54, 1.807) is 0 Å². The summed E-state index contributed by atoms with van der Waals surface area (Å²) in [4.78, 5) is 0. The summed E-state index contributed by atoms with van der Waals surface area (Å²) in [5, 5.41) is 8.55. The maximum atomic E-state index is 6.22. The van der Waals surface area contributed by atoms with Crippen molar-refractivity contribution in [3.63, 3.8) is 0 Å². The van der Waals surface area contributed by atoms with Gasteiger partial charge in [0.05, 0.1) is 5.69 Å². The summed E-state index contributed by atoms with van der Waals surface area (Å²) in [7, 11) is 0. The molecule has 1 heterocycles. The highest BCUT2D eigenvalue weighted by Crippen LogP contribution is 2.28. The average molecular weight is 349 g/mol. The van der Waals surface area contributed by atoms with Gasteiger partial charge in [0.15, 0.2) is 5.82 Å². The highest BCUT2D eigenvalue weighted by molar-refractivity contribution is 9.10. The highest BCUT2D eigenvalue weighted by atomic mass is 79.9. The molecule has 0 saturated carbocycles. The lowest BCUT2D eigenvalue weighted by molar-refractivity contribution is 1.05. The Balaban J connectivity index is 2.22. The molecule has 0 saturated heterocycles. The fourth-order valence-electron chi connectivity index (χ4n) is 2.12. The maximum absolute atomic E-state index is 6.22. The minimum Gasteiger partial charge on any atom is -0.265 e. The van der Waals surface area contributed by atoms with E-state index in [0.717, 1.165) is 27.1 Å². The number of aryl methyl sites for hydroxylation is 1. The number of benzene rings is 2. The lowest BCUT2D eigenvalue weighted by Gasteiger charge is -2.11. The molecule has 0 unspecified atom stereocenters. The predicted molar refractivity (Wildman–Crippen MR) is 84.2 cm³/mol. The molecule has 0 atom stereocenters. The van der Waals surface area contributed by atoms with Crippen LogP contribution in [0, 0.1) is 6.92 Å². The zero-order valence-corrected chi connectivity index (χ0v) is 13.1. The van der Waals surface area contributed by atoms with Crippen LogP contribution in [0.4, 0.5) is 0 Å². The maximum Gasteiger partial charge on any atom is 0.229 e. The molecule has 0 N–H and O–H groups in total. The van der Waals surface area contributed by atoms with Crippen LogP contribution in [-0.4, -0.2) is 14.8 Å². The van der Waals surface area contributed by atoms with E-state index in [0.29, 0.717) is 5.28 Å². The second-order valence-electron chi connectivity index (χ2n) is 4.42. The SMILES string of the molecule is Cc1cc(Br)ccc1-n1c(Cl)nnc1-c1ccccc1. The van der Waals surface area contributed by atoms with E-state index in [2.05, 4.69) is 26.1 Å². The Labute approximate surface area is 130 Å². The highest BCUT2D eigenvalue weighted by Gasteiger charge is 2.15. The third kappa shape index (κ3) is 2.37. The van der Waals surface area contributed by atoms with Gasteiger partial charge in [0.1, 0.15) is 0 Å². The van der Waals surface area contributed by atoms with Crippen molar-refractivity contribution in [2.75, 3.05) is 0 Å². The van der Waals surface area contributed by atoms with E-state index in [4.69, 9.17) is 11.6 Å². The molecule has 0 spiro atoms. The molecule has 100 valence electrons. The number of aromatic nitrogens is 3. The molecule has 2 aromatic carbocycles. The van der Waals surface area contributed by atoms with E-state index in [1.807, 2.05) is 60.0 Å². The summed E-state index contributed by atoms with van der Waals surface area (Å²) in [6.45, 7) is 2.03. The first-order chi connectivity index (χ1) is 9.66. The second kappa shape index (κ2) is 5.38. The Morgan fingerprint density at radius 3 is 2.50 bits per heavy atom. The van der Waals surface area contributed by atoms with Crippen LogP contribution in [0.1, 0.15) is 5.56 Å². The zero-order valence-electron chi connectivity index (χ0n) is 10.7. The van der Waals surface area contributed by atoms with E-state index in [-0.39, 0.29) is 0 Å². The van der Waals surface area contributed by atoms with Gasteiger partial charge in [0.2, 0.25) is 5.28 Å². The normalized spacial score (nSPS) is 10.8. The molecule has 0 aliphatic heterocycles. The van der Waals surface area contributed by atoms with E-state index in [9.17, 15) is 0 Å². The van der Waals surface area contributed by atoms with Crippen molar-refractivity contribution >= 4 is 27.5 Å². The van der Waals surface area contributed by atoms with Crippen molar-refractivity contribution in [3.05, 3.63) is 63.9 Å². The number of rotatable bonds is 2. The molecule has 0 radical (unpaired) electrons. The van der Waals surface area contributed by atoms with Gasteiger partial charge in [-0.05, 0) is 42.3 Å². The Kier molecular flexibility index (Phi) is 3.59. The first-order valence-electron chi connectivity index (χ1n) is 6.09. The molecule has 3 nitrogen and oxygen atoms in total. The van der Waals surface area contributed by atoms with Gasteiger partial charge in [-0.15, -0.1) is 10.2 Å². The van der Waals surface area contributed by atoms with Crippen LogP contribution in [0.5, 0.6) is 0 Å². The number of hydrogen-bond acceptors (Lipinski definition) is 2. The quantitative estimate of drug-likeness (QED) is 0.674. The summed E-state index contributed by atoms with van der Waals surface area (Å²) in [6, 6.07) is 15.9. The molecule has 5 heteroatoms. The van der Waals surface area contributed by atoms with Gasteiger partial charge >= 0.3 is 0 Å². The van der Waals surface area contributed by atoms with Crippen LogP contribution in [0.25, 0.3) is 17.1 Å². The monoisotopic (exact) mass is 347 g/mol. The smallest absolute Gasteiger partial charge is 0.229 e. The number of hydrogen-bond donors (Lipinski definition) is 0. The fourth-order valence-corrected chi connectivity index (χ4v) is 2.81. The first kappa shape index (κ1) is 13.3. The lowest BCUT2D eigenvalue weighted by atomic mass is 10.1. The van der Waals surface area contributed by atoms with Crippen LogP contribution >= 0.6 is 27.5 Å². The van der Waals surface area contributed by atoms with Crippen LogP contribution < -0.4 is 0 Å². The Hall–Kier alpha value is -1.65. The fraction of sp³-hybridized carbons (Fsp3) is 0.0667. The predicted octanol–water partition coefficient (Wildman–Crippen LogP) is 4.66. The van der Waals surface area contributed by atoms with Crippen LogP contribution in [0.2, 0.25) is 5.28 Å². The molecule has 0 aliphatic rings. The minimum absolute atomic E-state index is 0.356. The molecule has 0 fully saturated rings. The molecule has 3 rings (SSSR count). The summed E-state index contributed by atoms with van der Waals surface area (Å²) in [5.41, 5.74) is 3.05. The van der Waals surface area contributed by atoms with E-state index >= 15 is 0 Å². The van der Waals surface area contributed by atoms with Crippen LogP contribution in [-0.2, 0) is 0 Å². The van der Waals surface area contributed by atoms with Crippen molar-refractivity contribution in [2.24, 2.45) is 0 Å². The van der Waals surface area contributed by atoms with E-state index < -0.39 is 0 Å². The molecule has 0 bridgehead atoms. The topological polar surface area (TPSA) is 30.7 Å². The van der Waals surface area contributed by atoms with Crippen molar-refractivity contribution in [1.82, 2.24) is 14.8 Å². The van der Waals surface area contributed by atoms with Gasteiger partial charge in [-0.1, -0.05) is 46.3 Å². The van der Waals surface area contributed by atoms with Gasteiger partial charge in [0, 0.05) is 10.0 Å².